The quantitative estimate of drug-likeness (QED) is 0.868. The van der Waals surface area contributed by atoms with Gasteiger partial charge in [-0.1, -0.05) is 19.9 Å². The van der Waals surface area contributed by atoms with Crippen LogP contribution in [0.5, 0.6) is 0 Å². The number of nitrogens with one attached hydrogen (secondary N) is 2. The van der Waals surface area contributed by atoms with Crippen LogP contribution in [0, 0.1) is 5.92 Å². The first-order valence-electron chi connectivity index (χ1n) is 6.73. The topological polar surface area (TPSA) is 58.2 Å². The van der Waals surface area contributed by atoms with E-state index >= 15 is 0 Å². The van der Waals surface area contributed by atoms with Crippen molar-refractivity contribution in [2.24, 2.45) is 5.92 Å². The molecule has 1 unspecified atom stereocenters. The lowest BCUT2D eigenvalue weighted by Gasteiger charge is -2.16. The highest BCUT2D eigenvalue weighted by molar-refractivity contribution is 7.89. The van der Waals surface area contributed by atoms with Gasteiger partial charge in [0, 0.05) is 19.1 Å². The highest BCUT2D eigenvalue weighted by atomic mass is 32.2. The molecule has 19 heavy (non-hydrogen) atoms. The van der Waals surface area contributed by atoms with Gasteiger partial charge in [-0.25, -0.2) is 13.1 Å². The van der Waals surface area contributed by atoms with Gasteiger partial charge in [0.05, 0.1) is 4.90 Å². The first kappa shape index (κ1) is 14.5. The van der Waals surface area contributed by atoms with E-state index < -0.39 is 10.0 Å². The van der Waals surface area contributed by atoms with Crippen LogP contribution in [0.1, 0.15) is 38.3 Å². The number of fused-ring (bicyclic) bond motifs is 1. The van der Waals surface area contributed by atoms with Gasteiger partial charge in [-0.2, -0.15) is 0 Å². The van der Waals surface area contributed by atoms with Crippen molar-refractivity contribution in [1.29, 1.82) is 0 Å². The first-order chi connectivity index (χ1) is 8.88. The predicted octanol–water partition coefficient (Wildman–Crippen LogP) is 2.00. The van der Waals surface area contributed by atoms with Gasteiger partial charge in [0.2, 0.25) is 10.0 Å². The molecule has 0 aromatic heterocycles. The Kier molecular flexibility index (Phi) is 4.28. The van der Waals surface area contributed by atoms with Crippen molar-refractivity contribution in [1.82, 2.24) is 10.0 Å². The second-order valence-corrected chi connectivity index (χ2v) is 7.40. The Morgan fingerprint density at radius 2 is 1.89 bits per heavy atom. The predicted molar refractivity (Wildman–Crippen MR) is 76.2 cm³/mol. The zero-order valence-electron chi connectivity index (χ0n) is 11.7. The molecule has 4 nitrogen and oxygen atoms in total. The third-order valence-electron chi connectivity index (χ3n) is 3.30. The average Bonchev–Trinajstić information content (AvgIpc) is 2.73. The fourth-order valence-electron chi connectivity index (χ4n) is 2.53. The van der Waals surface area contributed by atoms with Crippen LogP contribution in [-0.2, 0) is 23.1 Å². The van der Waals surface area contributed by atoms with Crippen LogP contribution in [0.25, 0.3) is 0 Å². The molecule has 0 aliphatic carbocycles. The van der Waals surface area contributed by atoms with E-state index in [-0.39, 0.29) is 6.04 Å². The summed E-state index contributed by atoms with van der Waals surface area (Å²) in [6.45, 7) is 7.66. The summed E-state index contributed by atoms with van der Waals surface area (Å²) in [4.78, 5) is 0.366. The molecule has 1 aromatic carbocycles. The molecule has 0 spiro atoms. The van der Waals surface area contributed by atoms with Crippen LogP contribution >= 0.6 is 0 Å². The van der Waals surface area contributed by atoms with Gasteiger partial charge in [-0.15, -0.1) is 0 Å². The lowest BCUT2D eigenvalue weighted by atomic mass is 10.1. The van der Waals surface area contributed by atoms with Crippen molar-refractivity contribution in [3.63, 3.8) is 0 Å². The first-order valence-corrected chi connectivity index (χ1v) is 8.21. The molecule has 0 radical (unpaired) electrons. The van der Waals surface area contributed by atoms with E-state index in [0.29, 0.717) is 10.8 Å². The SMILES string of the molecule is CC(C)CC(C)NS(=O)(=O)c1ccc2c(c1)CNC2. The molecule has 2 N–H and O–H groups in total. The van der Waals surface area contributed by atoms with Crippen molar-refractivity contribution in [3.8, 4) is 0 Å². The van der Waals surface area contributed by atoms with Crippen LogP contribution in [-0.4, -0.2) is 14.5 Å². The average molecular weight is 282 g/mol. The van der Waals surface area contributed by atoms with Crippen molar-refractivity contribution in [2.75, 3.05) is 0 Å². The zero-order chi connectivity index (χ0) is 14.0. The molecule has 5 heteroatoms. The van der Waals surface area contributed by atoms with Gasteiger partial charge >= 0.3 is 0 Å². The van der Waals surface area contributed by atoms with Crippen LogP contribution in [0.4, 0.5) is 0 Å². The number of sulfonamides is 1. The summed E-state index contributed by atoms with van der Waals surface area (Å²) in [5.74, 6) is 0.474. The van der Waals surface area contributed by atoms with Crippen LogP contribution in [0.3, 0.4) is 0 Å². The minimum atomic E-state index is -3.40. The number of hydrogen-bond acceptors (Lipinski definition) is 3. The van der Waals surface area contributed by atoms with Crippen LogP contribution in [0.2, 0.25) is 0 Å². The second-order valence-electron chi connectivity index (χ2n) is 5.69. The van der Waals surface area contributed by atoms with Crippen molar-refractivity contribution in [2.45, 2.75) is 51.2 Å². The highest BCUT2D eigenvalue weighted by Gasteiger charge is 2.20. The monoisotopic (exact) mass is 282 g/mol. The molecule has 0 saturated carbocycles. The normalized spacial score (nSPS) is 16.6. The van der Waals surface area contributed by atoms with E-state index in [4.69, 9.17) is 0 Å². The smallest absolute Gasteiger partial charge is 0.240 e. The fraction of sp³-hybridized carbons (Fsp3) is 0.571. The van der Waals surface area contributed by atoms with Crippen molar-refractivity contribution < 1.29 is 8.42 Å². The van der Waals surface area contributed by atoms with Crippen LogP contribution in [0.15, 0.2) is 23.1 Å². The molecule has 1 heterocycles. The third-order valence-corrected chi connectivity index (χ3v) is 4.89. The Hall–Kier alpha value is -0.910. The largest absolute Gasteiger partial charge is 0.309 e. The summed E-state index contributed by atoms with van der Waals surface area (Å²) in [6.07, 6.45) is 0.839. The van der Waals surface area contributed by atoms with Gasteiger partial charge in [0.25, 0.3) is 0 Å². The van der Waals surface area contributed by atoms with Gasteiger partial charge in [-0.05, 0) is 42.5 Å². The number of benzene rings is 1. The van der Waals surface area contributed by atoms with Gasteiger partial charge in [0.15, 0.2) is 0 Å². The van der Waals surface area contributed by atoms with E-state index in [1.54, 1.807) is 12.1 Å². The standard InChI is InChI=1S/C14H22N2O2S/c1-10(2)6-11(3)16-19(17,18)14-5-4-12-8-15-9-13(12)7-14/h4-5,7,10-11,15-16H,6,8-9H2,1-3H3. The molecule has 1 aliphatic heterocycles. The molecule has 0 bridgehead atoms. The minimum Gasteiger partial charge on any atom is -0.309 e. The third kappa shape index (κ3) is 3.55. The van der Waals surface area contributed by atoms with E-state index in [1.165, 1.54) is 5.56 Å². The molecule has 2 rings (SSSR count). The van der Waals surface area contributed by atoms with E-state index in [9.17, 15) is 8.42 Å². The summed E-state index contributed by atoms with van der Waals surface area (Å²) in [6, 6.07) is 5.32. The second kappa shape index (κ2) is 5.61. The maximum absolute atomic E-state index is 12.3. The van der Waals surface area contributed by atoms with Gasteiger partial charge < -0.3 is 5.32 Å². The Balaban J connectivity index is 2.15. The Labute approximate surface area is 115 Å². The van der Waals surface area contributed by atoms with Crippen molar-refractivity contribution >= 4 is 10.0 Å². The molecule has 1 aromatic rings. The maximum atomic E-state index is 12.3. The molecular formula is C14H22N2O2S. The van der Waals surface area contributed by atoms with E-state index in [2.05, 4.69) is 23.9 Å². The van der Waals surface area contributed by atoms with E-state index in [1.807, 2.05) is 13.0 Å². The molecule has 1 atom stereocenters. The molecule has 1 aliphatic rings. The van der Waals surface area contributed by atoms with Crippen LogP contribution < -0.4 is 10.0 Å². The molecule has 106 valence electrons. The Morgan fingerprint density at radius 1 is 1.21 bits per heavy atom. The lowest BCUT2D eigenvalue weighted by Crippen LogP contribution is -2.33. The molecule has 0 fully saturated rings. The Bertz CT molecular complexity index is 553. The van der Waals surface area contributed by atoms with Crippen molar-refractivity contribution in [3.05, 3.63) is 29.3 Å². The number of rotatable bonds is 5. The van der Waals surface area contributed by atoms with E-state index in [0.717, 1.165) is 25.1 Å². The zero-order valence-corrected chi connectivity index (χ0v) is 12.5. The molecular weight excluding hydrogens is 260 g/mol. The summed E-state index contributed by atoms with van der Waals surface area (Å²) in [7, 11) is -3.40. The lowest BCUT2D eigenvalue weighted by molar-refractivity contribution is 0.482. The highest BCUT2D eigenvalue weighted by Crippen LogP contribution is 2.20. The summed E-state index contributed by atoms with van der Waals surface area (Å²) in [5.41, 5.74) is 2.27. The fourth-order valence-corrected chi connectivity index (χ4v) is 3.83. The molecule has 0 amide bonds. The summed E-state index contributed by atoms with van der Waals surface area (Å²) in [5, 5.41) is 3.22. The Morgan fingerprint density at radius 3 is 2.58 bits per heavy atom. The minimum absolute atomic E-state index is 0.0450. The van der Waals surface area contributed by atoms with Gasteiger partial charge in [-0.3, -0.25) is 0 Å². The molecule has 0 saturated heterocycles. The summed E-state index contributed by atoms with van der Waals surface area (Å²) < 4.78 is 27.3. The number of hydrogen-bond donors (Lipinski definition) is 2. The summed E-state index contributed by atoms with van der Waals surface area (Å²) >= 11 is 0. The van der Waals surface area contributed by atoms with Gasteiger partial charge in [0.1, 0.15) is 0 Å². The maximum Gasteiger partial charge on any atom is 0.240 e.